The number of carbonyl (C=O) groups excluding carboxylic acids is 1. The number of carbonyl (C=O) groups is 1. The Balaban J connectivity index is 1.70. The number of amides is 2. The van der Waals surface area contributed by atoms with Gasteiger partial charge >= 0.3 is 6.03 Å². The third-order valence-corrected chi connectivity index (χ3v) is 5.89. The first-order valence-electron chi connectivity index (χ1n) is 9.87. The van der Waals surface area contributed by atoms with E-state index in [-0.39, 0.29) is 23.7 Å². The Hall–Kier alpha value is -2.63. The average Bonchev–Trinajstić information content (AvgIpc) is 2.98. The van der Waals surface area contributed by atoms with Crippen LogP contribution in [0.3, 0.4) is 0 Å². The summed E-state index contributed by atoms with van der Waals surface area (Å²) in [5.41, 5.74) is 2.44. The van der Waals surface area contributed by atoms with Crippen LogP contribution in [-0.2, 0) is 12.8 Å². The van der Waals surface area contributed by atoms with E-state index in [2.05, 4.69) is 4.98 Å². The number of H-pyrrole nitrogens is 1. The number of rotatable bonds is 3. The van der Waals surface area contributed by atoms with E-state index in [0.29, 0.717) is 31.8 Å². The number of hydrogen-bond donors (Lipinski definition) is 1. The molecule has 0 spiro atoms. The lowest BCUT2D eigenvalue weighted by Crippen LogP contribution is -2.49. The fraction of sp³-hybridized carbons (Fsp3) is 0.476. The smallest absolute Gasteiger partial charge is 0.320 e. The molecular formula is C21H26N4O2. The van der Waals surface area contributed by atoms with Gasteiger partial charge in [-0.05, 0) is 26.7 Å². The van der Waals surface area contributed by atoms with Crippen molar-refractivity contribution in [3.8, 4) is 11.4 Å². The van der Waals surface area contributed by atoms with Crippen LogP contribution in [0.4, 0.5) is 4.79 Å². The van der Waals surface area contributed by atoms with Gasteiger partial charge in [0, 0.05) is 49.1 Å². The standard InChI is InChI=1S/C21H26N4O2/c1-3-24(4-2)21(27)25-15-10-11-16(25)13-18-17(12-15)20(26)23-19(22-18)14-8-6-5-7-9-14/h5-9,15-16H,3-4,10-13H2,1-2H3,(H,22,23,26)/t15-,16+/m1/s1. The molecule has 6 heteroatoms. The SMILES string of the molecule is CCN(CC)C(=O)N1[C@@H]2CC[C@H]1Cc1nc(-c3ccccc3)[nH]c(=O)c1C2. The highest BCUT2D eigenvalue weighted by Crippen LogP contribution is 2.33. The molecule has 6 nitrogen and oxygen atoms in total. The zero-order valence-corrected chi connectivity index (χ0v) is 15.9. The molecule has 2 bridgehead atoms. The maximum atomic E-state index is 13.0. The second kappa shape index (κ2) is 7.18. The molecule has 1 fully saturated rings. The fourth-order valence-electron chi connectivity index (χ4n) is 4.45. The highest BCUT2D eigenvalue weighted by Gasteiger charge is 2.42. The first-order chi connectivity index (χ1) is 13.1. The Morgan fingerprint density at radius 3 is 2.48 bits per heavy atom. The molecule has 2 aliphatic rings. The lowest BCUT2D eigenvalue weighted by atomic mass is 9.98. The number of aromatic amines is 1. The van der Waals surface area contributed by atoms with Crippen molar-refractivity contribution in [1.29, 1.82) is 0 Å². The summed E-state index contributed by atoms with van der Waals surface area (Å²) >= 11 is 0. The highest BCUT2D eigenvalue weighted by atomic mass is 16.2. The van der Waals surface area contributed by atoms with Crippen molar-refractivity contribution in [2.75, 3.05) is 13.1 Å². The van der Waals surface area contributed by atoms with E-state index in [1.54, 1.807) is 0 Å². The zero-order valence-electron chi connectivity index (χ0n) is 15.9. The van der Waals surface area contributed by atoms with Crippen LogP contribution in [0.15, 0.2) is 35.1 Å². The first kappa shape index (κ1) is 17.8. The lowest BCUT2D eigenvalue weighted by molar-refractivity contribution is 0.136. The molecule has 3 heterocycles. The van der Waals surface area contributed by atoms with Crippen LogP contribution in [0.2, 0.25) is 0 Å². The first-order valence-corrected chi connectivity index (χ1v) is 9.87. The molecule has 0 aliphatic carbocycles. The van der Waals surface area contributed by atoms with E-state index in [1.807, 2.05) is 54.0 Å². The predicted molar refractivity (Wildman–Crippen MR) is 105 cm³/mol. The quantitative estimate of drug-likeness (QED) is 0.908. The molecule has 27 heavy (non-hydrogen) atoms. The van der Waals surface area contributed by atoms with Crippen LogP contribution in [0.5, 0.6) is 0 Å². The topological polar surface area (TPSA) is 69.3 Å². The number of nitrogens with one attached hydrogen (secondary N) is 1. The van der Waals surface area contributed by atoms with Gasteiger partial charge < -0.3 is 14.8 Å². The van der Waals surface area contributed by atoms with Crippen molar-refractivity contribution >= 4 is 6.03 Å². The van der Waals surface area contributed by atoms with Gasteiger partial charge in [-0.2, -0.15) is 0 Å². The Morgan fingerprint density at radius 2 is 1.81 bits per heavy atom. The van der Waals surface area contributed by atoms with Gasteiger partial charge in [-0.1, -0.05) is 30.3 Å². The maximum Gasteiger partial charge on any atom is 0.320 e. The number of hydrogen-bond acceptors (Lipinski definition) is 3. The molecule has 1 aromatic heterocycles. The van der Waals surface area contributed by atoms with E-state index in [1.165, 1.54) is 0 Å². The molecule has 2 amide bonds. The molecule has 142 valence electrons. The Morgan fingerprint density at radius 1 is 1.15 bits per heavy atom. The van der Waals surface area contributed by atoms with Crippen molar-refractivity contribution in [2.24, 2.45) is 0 Å². The van der Waals surface area contributed by atoms with Crippen LogP contribution in [-0.4, -0.2) is 51.0 Å². The lowest BCUT2D eigenvalue weighted by Gasteiger charge is -2.33. The minimum atomic E-state index is -0.0679. The Bertz CT molecular complexity index is 889. The number of aromatic nitrogens is 2. The van der Waals surface area contributed by atoms with E-state index in [9.17, 15) is 9.59 Å². The summed E-state index contributed by atoms with van der Waals surface area (Å²) in [6, 6.07) is 10.0. The Labute approximate surface area is 159 Å². The van der Waals surface area contributed by atoms with E-state index in [0.717, 1.165) is 29.7 Å². The molecule has 0 radical (unpaired) electrons. The molecule has 2 aromatic rings. The minimum Gasteiger partial charge on any atom is -0.325 e. The fourth-order valence-corrected chi connectivity index (χ4v) is 4.45. The molecule has 0 saturated carbocycles. The zero-order chi connectivity index (χ0) is 19.0. The summed E-state index contributed by atoms with van der Waals surface area (Å²) in [6.45, 7) is 5.42. The number of urea groups is 1. The van der Waals surface area contributed by atoms with Gasteiger partial charge in [-0.3, -0.25) is 4.79 Å². The number of fused-ring (bicyclic) bond motifs is 3. The summed E-state index contributed by atoms with van der Waals surface area (Å²) in [7, 11) is 0. The highest BCUT2D eigenvalue weighted by molar-refractivity contribution is 5.76. The molecule has 0 unspecified atom stereocenters. The molecule has 2 aliphatic heterocycles. The molecule has 2 atom stereocenters. The van der Waals surface area contributed by atoms with Crippen LogP contribution in [0.25, 0.3) is 11.4 Å². The van der Waals surface area contributed by atoms with E-state index in [4.69, 9.17) is 4.98 Å². The largest absolute Gasteiger partial charge is 0.325 e. The van der Waals surface area contributed by atoms with Crippen molar-refractivity contribution in [1.82, 2.24) is 19.8 Å². The molecule has 1 N–H and O–H groups in total. The van der Waals surface area contributed by atoms with Gasteiger partial charge in [-0.25, -0.2) is 9.78 Å². The van der Waals surface area contributed by atoms with Crippen molar-refractivity contribution in [3.05, 3.63) is 51.9 Å². The molecule has 1 aromatic carbocycles. The van der Waals surface area contributed by atoms with Crippen molar-refractivity contribution < 1.29 is 4.79 Å². The van der Waals surface area contributed by atoms with Crippen LogP contribution < -0.4 is 5.56 Å². The summed E-state index contributed by atoms with van der Waals surface area (Å²) in [5.74, 6) is 0.610. The Kier molecular flexibility index (Phi) is 4.72. The van der Waals surface area contributed by atoms with Gasteiger partial charge in [0.25, 0.3) is 5.56 Å². The van der Waals surface area contributed by atoms with Gasteiger partial charge in [0.1, 0.15) is 5.82 Å². The van der Waals surface area contributed by atoms with E-state index < -0.39 is 0 Å². The third kappa shape index (κ3) is 3.13. The van der Waals surface area contributed by atoms with Crippen LogP contribution in [0, 0.1) is 0 Å². The normalized spacial score (nSPS) is 20.9. The monoisotopic (exact) mass is 366 g/mol. The summed E-state index contributed by atoms with van der Waals surface area (Å²) in [6.07, 6.45) is 3.18. The predicted octanol–water partition coefficient (Wildman–Crippen LogP) is 2.83. The van der Waals surface area contributed by atoms with Gasteiger partial charge in [-0.15, -0.1) is 0 Å². The van der Waals surface area contributed by atoms with Crippen molar-refractivity contribution in [3.63, 3.8) is 0 Å². The molecule has 1 saturated heterocycles. The van der Waals surface area contributed by atoms with Gasteiger partial charge in [0.05, 0.1) is 5.69 Å². The summed E-state index contributed by atoms with van der Waals surface area (Å²) in [4.78, 5) is 37.5. The average molecular weight is 366 g/mol. The summed E-state index contributed by atoms with van der Waals surface area (Å²) in [5, 5.41) is 0. The maximum absolute atomic E-state index is 13.0. The third-order valence-electron chi connectivity index (χ3n) is 5.89. The van der Waals surface area contributed by atoms with Crippen LogP contribution in [0.1, 0.15) is 37.9 Å². The van der Waals surface area contributed by atoms with Crippen molar-refractivity contribution in [2.45, 2.75) is 51.6 Å². The van der Waals surface area contributed by atoms with E-state index >= 15 is 0 Å². The molecular weight excluding hydrogens is 340 g/mol. The molecule has 4 rings (SSSR count). The van der Waals surface area contributed by atoms with Gasteiger partial charge in [0.2, 0.25) is 0 Å². The number of benzene rings is 1. The van der Waals surface area contributed by atoms with Gasteiger partial charge in [0.15, 0.2) is 0 Å². The van der Waals surface area contributed by atoms with Crippen LogP contribution >= 0.6 is 0 Å². The number of nitrogens with zero attached hydrogens (tertiary/aromatic N) is 3. The second-order valence-corrected chi connectivity index (χ2v) is 7.36. The second-order valence-electron chi connectivity index (χ2n) is 7.36. The minimum absolute atomic E-state index is 0.0679. The summed E-state index contributed by atoms with van der Waals surface area (Å²) < 4.78 is 0.